The van der Waals surface area contributed by atoms with Crippen molar-refractivity contribution in [2.75, 3.05) is 0 Å². The van der Waals surface area contributed by atoms with Crippen LogP contribution in [-0.4, -0.2) is 11.7 Å². The molecule has 0 radical (unpaired) electrons. The van der Waals surface area contributed by atoms with Crippen LogP contribution in [0.15, 0.2) is 72.8 Å². The number of hydrogen-bond donors (Lipinski definition) is 3. The first kappa shape index (κ1) is 17.4. The third-order valence-corrected chi connectivity index (χ3v) is 4.32. The van der Waals surface area contributed by atoms with Crippen LogP contribution in [0.4, 0.5) is 0 Å². The molecule has 0 bridgehead atoms. The maximum Gasteiger partial charge on any atom is 0.251 e. The fourth-order valence-electron chi connectivity index (χ4n) is 2.81. The van der Waals surface area contributed by atoms with Gasteiger partial charge < -0.3 is 11.1 Å². The first-order chi connectivity index (χ1) is 12.5. The Labute approximate surface area is 153 Å². The predicted octanol–water partition coefficient (Wildman–Crippen LogP) is 3.88. The van der Waals surface area contributed by atoms with Gasteiger partial charge in [-0.2, -0.15) is 0 Å². The van der Waals surface area contributed by atoms with Gasteiger partial charge in [0.05, 0.1) is 0 Å². The maximum atomic E-state index is 12.5. The molecule has 3 rings (SSSR count). The molecule has 4 heteroatoms. The highest BCUT2D eigenvalue weighted by molar-refractivity contribution is 5.96. The van der Waals surface area contributed by atoms with Crippen molar-refractivity contribution in [3.8, 4) is 11.1 Å². The van der Waals surface area contributed by atoms with Crippen molar-refractivity contribution in [1.82, 2.24) is 5.32 Å². The van der Waals surface area contributed by atoms with Gasteiger partial charge >= 0.3 is 0 Å². The molecule has 1 amide bonds. The van der Waals surface area contributed by atoms with E-state index in [1.807, 2.05) is 73.7 Å². The number of amides is 1. The van der Waals surface area contributed by atoms with Crippen LogP contribution in [0, 0.1) is 12.3 Å². The van der Waals surface area contributed by atoms with Crippen LogP contribution in [0.1, 0.15) is 27.0 Å². The number of nitrogens with one attached hydrogen (secondary N) is 2. The Hall–Kier alpha value is -3.40. The van der Waals surface area contributed by atoms with Gasteiger partial charge in [-0.25, -0.2) is 0 Å². The van der Waals surface area contributed by atoms with E-state index in [9.17, 15) is 4.79 Å². The fourth-order valence-corrected chi connectivity index (χ4v) is 2.81. The minimum atomic E-state index is -0.113. The first-order valence-corrected chi connectivity index (χ1v) is 8.42. The van der Waals surface area contributed by atoms with Crippen molar-refractivity contribution in [3.05, 3.63) is 95.1 Å². The summed E-state index contributed by atoms with van der Waals surface area (Å²) in [6.07, 6.45) is 0. The number of rotatable bonds is 5. The van der Waals surface area contributed by atoms with Crippen molar-refractivity contribution in [2.45, 2.75) is 13.5 Å². The lowest BCUT2D eigenvalue weighted by atomic mass is 10.0. The van der Waals surface area contributed by atoms with E-state index in [0.717, 1.165) is 22.3 Å². The molecule has 0 saturated carbocycles. The Bertz CT molecular complexity index is 949. The van der Waals surface area contributed by atoms with Gasteiger partial charge in [0, 0.05) is 17.7 Å². The number of aryl methyl sites for hydroxylation is 1. The Kier molecular flexibility index (Phi) is 5.13. The lowest BCUT2D eigenvalue weighted by Crippen LogP contribution is -2.23. The molecule has 4 N–H and O–H groups in total. The van der Waals surface area contributed by atoms with E-state index in [1.54, 1.807) is 6.07 Å². The molecule has 0 fully saturated rings. The van der Waals surface area contributed by atoms with E-state index in [4.69, 9.17) is 11.1 Å². The standard InChI is InChI=1S/C22H21N3O/c1-15-12-18(21(23)24)10-11-20(15)14-25-22(26)19-9-5-8-17(13-19)16-6-3-2-4-7-16/h2-13H,14H2,1H3,(H3,23,24)(H,25,26). The second-order valence-electron chi connectivity index (χ2n) is 6.18. The highest BCUT2D eigenvalue weighted by Crippen LogP contribution is 2.20. The summed E-state index contributed by atoms with van der Waals surface area (Å²) in [5.41, 5.74) is 10.9. The molecule has 0 aromatic heterocycles. The van der Waals surface area contributed by atoms with Crippen LogP contribution in [0.5, 0.6) is 0 Å². The predicted molar refractivity (Wildman–Crippen MR) is 105 cm³/mol. The summed E-state index contributed by atoms with van der Waals surface area (Å²) in [6, 6.07) is 23.1. The van der Waals surface area contributed by atoms with E-state index in [0.29, 0.717) is 17.7 Å². The van der Waals surface area contributed by atoms with Crippen molar-refractivity contribution in [1.29, 1.82) is 5.41 Å². The molecule has 0 saturated heterocycles. The Balaban J connectivity index is 1.72. The van der Waals surface area contributed by atoms with Gasteiger partial charge in [0.25, 0.3) is 5.91 Å². The third-order valence-electron chi connectivity index (χ3n) is 4.32. The Morgan fingerprint density at radius 3 is 2.35 bits per heavy atom. The molecule has 3 aromatic carbocycles. The molecule has 4 nitrogen and oxygen atoms in total. The second-order valence-corrected chi connectivity index (χ2v) is 6.18. The molecular weight excluding hydrogens is 322 g/mol. The summed E-state index contributed by atoms with van der Waals surface area (Å²) in [6.45, 7) is 2.38. The summed E-state index contributed by atoms with van der Waals surface area (Å²) < 4.78 is 0. The molecule has 0 spiro atoms. The monoisotopic (exact) mass is 343 g/mol. The summed E-state index contributed by atoms with van der Waals surface area (Å²) in [7, 11) is 0. The number of benzene rings is 3. The maximum absolute atomic E-state index is 12.5. The molecule has 3 aromatic rings. The molecule has 0 aliphatic rings. The minimum Gasteiger partial charge on any atom is -0.384 e. The molecule has 0 heterocycles. The molecule has 26 heavy (non-hydrogen) atoms. The van der Waals surface area contributed by atoms with E-state index in [2.05, 4.69) is 5.32 Å². The highest BCUT2D eigenvalue weighted by atomic mass is 16.1. The average molecular weight is 343 g/mol. The van der Waals surface area contributed by atoms with Crippen molar-refractivity contribution < 1.29 is 4.79 Å². The van der Waals surface area contributed by atoms with E-state index < -0.39 is 0 Å². The SMILES string of the molecule is Cc1cc(C(=N)N)ccc1CNC(=O)c1cccc(-c2ccccc2)c1. The topological polar surface area (TPSA) is 79.0 Å². The number of amidine groups is 1. The fraction of sp³-hybridized carbons (Fsp3) is 0.0909. The van der Waals surface area contributed by atoms with Crippen molar-refractivity contribution in [2.24, 2.45) is 5.73 Å². The summed E-state index contributed by atoms with van der Waals surface area (Å²) >= 11 is 0. The van der Waals surface area contributed by atoms with Crippen molar-refractivity contribution in [3.63, 3.8) is 0 Å². The number of nitrogens with two attached hydrogens (primary N) is 1. The van der Waals surface area contributed by atoms with Crippen LogP contribution in [0.3, 0.4) is 0 Å². The normalized spacial score (nSPS) is 10.3. The van der Waals surface area contributed by atoms with Gasteiger partial charge in [0.2, 0.25) is 0 Å². The van der Waals surface area contributed by atoms with Crippen LogP contribution in [0.2, 0.25) is 0 Å². The molecular formula is C22H21N3O. The van der Waals surface area contributed by atoms with Gasteiger partial charge in [-0.05, 0) is 47.4 Å². The molecule has 130 valence electrons. The lowest BCUT2D eigenvalue weighted by molar-refractivity contribution is 0.0951. The smallest absolute Gasteiger partial charge is 0.251 e. The number of hydrogen-bond acceptors (Lipinski definition) is 2. The van der Waals surface area contributed by atoms with Gasteiger partial charge in [0.15, 0.2) is 0 Å². The van der Waals surface area contributed by atoms with E-state index in [-0.39, 0.29) is 11.7 Å². The van der Waals surface area contributed by atoms with E-state index >= 15 is 0 Å². The van der Waals surface area contributed by atoms with Crippen LogP contribution in [0.25, 0.3) is 11.1 Å². The van der Waals surface area contributed by atoms with Crippen LogP contribution in [-0.2, 0) is 6.54 Å². The molecule has 0 atom stereocenters. The zero-order valence-electron chi connectivity index (χ0n) is 14.6. The lowest BCUT2D eigenvalue weighted by Gasteiger charge is -2.10. The quantitative estimate of drug-likeness (QED) is 0.485. The molecule has 0 aliphatic carbocycles. The van der Waals surface area contributed by atoms with Gasteiger partial charge in [0.1, 0.15) is 5.84 Å². The number of nitrogen functional groups attached to an aromatic ring is 1. The zero-order chi connectivity index (χ0) is 18.5. The second kappa shape index (κ2) is 7.66. The molecule has 0 aliphatic heterocycles. The number of carbonyl (C=O) groups excluding carboxylic acids is 1. The van der Waals surface area contributed by atoms with Crippen LogP contribution < -0.4 is 11.1 Å². The Morgan fingerprint density at radius 2 is 1.65 bits per heavy atom. The minimum absolute atomic E-state index is 0.0430. The van der Waals surface area contributed by atoms with Gasteiger partial charge in [-0.15, -0.1) is 0 Å². The van der Waals surface area contributed by atoms with Gasteiger partial charge in [-0.3, -0.25) is 10.2 Å². The number of carbonyl (C=O) groups is 1. The largest absolute Gasteiger partial charge is 0.384 e. The first-order valence-electron chi connectivity index (χ1n) is 8.42. The summed E-state index contributed by atoms with van der Waals surface area (Å²) in [4.78, 5) is 12.5. The summed E-state index contributed by atoms with van der Waals surface area (Å²) in [5, 5.41) is 10.4. The molecule has 0 unspecified atom stereocenters. The van der Waals surface area contributed by atoms with Crippen molar-refractivity contribution >= 4 is 11.7 Å². The van der Waals surface area contributed by atoms with Crippen LogP contribution >= 0.6 is 0 Å². The third kappa shape index (κ3) is 3.98. The van der Waals surface area contributed by atoms with E-state index in [1.165, 1.54) is 0 Å². The Morgan fingerprint density at radius 1 is 0.923 bits per heavy atom. The highest BCUT2D eigenvalue weighted by Gasteiger charge is 2.08. The average Bonchev–Trinajstić information content (AvgIpc) is 2.67. The van der Waals surface area contributed by atoms with Gasteiger partial charge in [-0.1, -0.05) is 54.6 Å². The zero-order valence-corrected chi connectivity index (χ0v) is 14.6. The summed E-state index contributed by atoms with van der Waals surface area (Å²) in [5.74, 6) is -0.0701.